The van der Waals surface area contributed by atoms with Gasteiger partial charge in [0.05, 0.1) is 19.8 Å². The zero-order valence-electron chi connectivity index (χ0n) is 13.9. The molecule has 0 spiro atoms. The molecule has 4 rings (SSSR count). The SMILES string of the molecule is C=C(C)C(=O)OC12CC3CC(CC(COC(CO)CO)(C3)C1)C2. The summed E-state index contributed by atoms with van der Waals surface area (Å²) in [5.74, 6) is 0.880. The van der Waals surface area contributed by atoms with Crippen LogP contribution in [0.2, 0.25) is 0 Å². The molecule has 0 aromatic heterocycles. The van der Waals surface area contributed by atoms with Gasteiger partial charge in [-0.1, -0.05) is 6.58 Å². The van der Waals surface area contributed by atoms with Gasteiger partial charge in [-0.2, -0.15) is 0 Å². The lowest BCUT2D eigenvalue weighted by atomic mass is 9.48. The van der Waals surface area contributed by atoms with Gasteiger partial charge in [-0.05, 0) is 62.7 Å². The van der Waals surface area contributed by atoms with E-state index in [0.717, 1.165) is 32.1 Å². The topological polar surface area (TPSA) is 76.0 Å². The first-order valence-electron chi connectivity index (χ1n) is 8.61. The van der Waals surface area contributed by atoms with Gasteiger partial charge in [0.15, 0.2) is 0 Å². The van der Waals surface area contributed by atoms with Crippen molar-refractivity contribution in [2.75, 3.05) is 19.8 Å². The minimum atomic E-state index is -0.517. The van der Waals surface area contributed by atoms with Crippen LogP contribution in [-0.4, -0.2) is 47.7 Å². The molecule has 2 unspecified atom stereocenters. The summed E-state index contributed by atoms with van der Waals surface area (Å²) < 4.78 is 11.7. The van der Waals surface area contributed by atoms with Crippen molar-refractivity contribution in [2.24, 2.45) is 17.3 Å². The summed E-state index contributed by atoms with van der Waals surface area (Å²) in [5, 5.41) is 18.4. The second-order valence-corrected chi connectivity index (χ2v) is 8.11. The van der Waals surface area contributed by atoms with Gasteiger partial charge in [0.25, 0.3) is 0 Å². The highest BCUT2D eigenvalue weighted by molar-refractivity contribution is 5.87. The monoisotopic (exact) mass is 324 g/mol. The molecule has 0 aliphatic heterocycles. The Kier molecular flexibility index (Phi) is 4.55. The third-order valence-corrected chi connectivity index (χ3v) is 5.82. The molecule has 4 aliphatic rings. The molecule has 2 N–H and O–H groups in total. The third-order valence-electron chi connectivity index (χ3n) is 5.82. The van der Waals surface area contributed by atoms with Gasteiger partial charge in [-0.15, -0.1) is 0 Å². The van der Waals surface area contributed by atoms with Crippen LogP contribution >= 0.6 is 0 Å². The Balaban J connectivity index is 1.73. The largest absolute Gasteiger partial charge is 0.456 e. The van der Waals surface area contributed by atoms with Gasteiger partial charge in [-0.3, -0.25) is 0 Å². The molecule has 0 aromatic rings. The van der Waals surface area contributed by atoms with E-state index in [9.17, 15) is 15.0 Å². The summed E-state index contributed by atoms with van der Waals surface area (Å²) in [6, 6.07) is 0. The van der Waals surface area contributed by atoms with Crippen LogP contribution in [0.5, 0.6) is 0 Å². The number of esters is 1. The Morgan fingerprint density at radius 1 is 1.22 bits per heavy atom. The smallest absolute Gasteiger partial charge is 0.333 e. The lowest BCUT2D eigenvalue weighted by molar-refractivity contribution is -0.210. The molecule has 130 valence electrons. The molecular weight excluding hydrogens is 296 g/mol. The molecule has 4 bridgehead atoms. The van der Waals surface area contributed by atoms with Crippen LogP contribution in [0.4, 0.5) is 0 Å². The molecule has 5 heteroatoms. The van der Waals surface area contributed by atoms with Crippen molar-refractivity contribution in [1.29, 1.82) is 0 Å². The predicted molar refractivity (Wildman–Crippen MR) is 84.7 cm³/mol. The van der Waals surface area contributed by atoms with Crippen molar-refractivity contribution in [1.82, 2.24) is 0 Å². The fourth-order valence-corrected chi connectivity index (χ4v) is 5.39. The number of ether oxygens (including phenoxy) is 2. The Bertz CT molecular complexity index is 468. The van der Waals surface area contributed by atoms with E-state index in [1.165, 1.54) is 6.42 Å². The maximum absolute atomic E-state index is 12.1. The summed E-state index contributed by atoms with van der Waals surface area (Å²) >= 11 is 0. The van der Waals surface area contributed by atoms with E-state index in [4.69, 9.17) is 9.47 Å². The van der Waals surface area contributed by atoms with Crippen LogP contribution in [0.25, 0.3) is 0 Å². The summed E-state index contributed by atoms with van der Waals surface area (Å²) in [5.41, 5.74) is 0.103. The molecule has 0 amide bonds. The van der Waals surface area contributed by atoms with Crippen molar-refractivity contribution in [3.63, 3.8) is 0 Å². The molecule has 4 saturated carbocycles. The minimum Gasteiger partial charge on any atom is -0.456 e. The minimum absolute atomic E-state index is 0.0159. The zero-order chi connectivity index (χ0) is 16.7. The summed E-state index contributed by atoms with van der Waals surface area (Å²) in [7, 11) is 0. The Hall–Kier alpha value is -0.910. The highest BCUT2D eigenvalue weighted by atomic mass is 16.6. The number of aliphatic hydroxyl groups is 2. The highest BCUT2D eigenvalue weighted by Gasteiger charge is 2.59. The second kappa shape index (κ2) is 6.19. The average Bonchev–Trinajstić information content (AvgIpc) is 2.46. The second-order valence-electron chi connectivity index (χ2n) is 8.11. The summed E-state index contributed by atoms with van der Waals surface area (Å²) in [6.45, 7) is 5.57. The van der Waals surface area contributed by atoms with Gasteiger partial charge < -0.3 is 19.7 Å². The fraction of sp³-hybridized carbons (Fsp3) is 0.833. The van der Waals surface area contributed by atoms with Crippen LogP contribution in [0, 0.1) is 17.3 Å². The van der Waals surface area contributed by atoms with Crippen LogP contribution in [0.1, 0.15) is 45.4 Å². The first-order valence-corrected chi connectivity index (χ1v) is 8.61. The molecule has 0 heterocycles. The average molecular weight is 324 g/mol. The first kappa shape index (κ1) is 16.9. The van der Waals surface area contributed by atoms with E-state index in [1.54, 1.807) is 6.92 Å². The number of aliphatic hydroxyl groups excluding tert-OH is 2. The van der Waals surface area contributed by atoms with Gasteiger partial charge in [-0.25, -0.2) is 4.79 Å². The zero-order valence-corrected chi connectivity index (χ0v) is 13.9. The summed E-state index contributed by atoms with van der Waals surface area (Å²) in [6.07, 6.45) is 5.63. The standard InChI is InChI=1S/C18H28O5/c1-12(2)16(21)23-18-6-13-3-14(7-18)5-17(4-13,10-18)11-22-15(8-19)9-20/h13-15,19-20H,1,3-11H2,2H3. The van der Waals surface area contributed by atoms with Crippen molar-refractivity contribution in [3.05, 3.63) is 12.2 Å². The molecule has 4 aliphatic carbocycles. The molecule has 2 atom stereocenters. The lowest BCUT2D eigenvalue weighted by Gasteiger charge is -2.61. The van der Waals surface area contributed by atoms with E-state index >= 15 is 0 Å². The van der Waals surface area contributed by atoms with Gasteiger partial charge in [0.2, 0.25) is 0 Å². The number of hydrogen-bond donors (Lipinski definition) is 2. The number of rotatable bonds is 7. The maximum Gasteiger partial charge on any atom is 0.333 e. The van der Waals surface area contributed by atoms with Gasteiger partial charge in [0, 0.05) is 5.57 Å². The normalized spacial score (nSPS) is 38.1. The Morgan fingerprint density at radius 2 is 1.83 bits per heavy atom. The van der Waals surface area contributed by atoms with Crippen LogP contribution in [0.3, 0.4) is 0 Å². The fourth-order valence-electron chi connectivity index (χ4n) is 5.39. The van der Waals surface area contributed by atoms with Crippen LogP contribution in [-0.2, 0) is 14.3 Å². The molecule has 23 heavy (non-hydrogen) atoms. The van der Waals surface area contributed by atoms with Gasteiger partial charge >= 0.3 is 5.97 Å². The van der Waals surface area contributed by atoms with E-state index in [2.05, 4.69) is 6.58 Å². The Labute approximate surface area is 137 Å². The molecular formula is C18H28O5. The number of carbonyl (C=O) groups excluding carboxylic acids is 1. The number of hydrogen-bond acceptors (Lipinski definition) is 5. The molecule has 0 radical (unpaired) electrons. The summed E-state index contributed by atoms with van der Waals surface area (Å²) in [4.78, 5) is 12.1. The van der Waals surface area contributed by atoms with E-state index in [0.29, 0.717) is 24.0 Å². The van der Waals surface area contributed by atoms with Crippen molar-refractivity contribution in [3.8, 4) is 0 Å². The lowest BCUT2D eigenvalue weighted by Crippen LogP contribution is -2.59. The van der Waals surface area contributed by atoms with E-state index in [-0.39, 0.29) is 30.2 Å². The van der Waals surface area contributed by atoms with Crippen molar-refractivity contribution < 1.29 is 24.5 Å². The van der Waals surface area contributed by atoms with E-state index in [1.807, 2.05) is 0 Å². The van der Waals surface area contributed by atoms with Gasteiger partial charge in [0.1, 0.15) is 11.7 Å². The molecule has 0 aromatic carbocycles. The Morgan fingerprint density at radius 3 is 2.35 bits per heavy atom. The quantitative estimate of drug-likeness (QED) is 0.552. The first-order chi connectivity index (χ1) is 10.9. The predicted octanol–water partition coefficient (Wildman–Crippen LogP) is 1.81. The van der Waals surface area contributed by atoms with Crippen molar-refractivity contribution in [2.45, 2.75) is 57.2 Å². The number of carbonyl (C=O) groups is 1. The molecule has 0 saturated heterocycles. The maximum atomic E-state index is 12.1. The third kappa shape index (κ3) is 3.32. The van der Waals surface area contributed by atoms with Crippen LogP contribution in [0.15, 0.2) is 12.2 Å². The molecule has 4 fully saturated rings. The van der Waals surface area contributed by atoms with Crippen LogP contribution < -0.4 is 0 Å². The van der Waals surface area contributed by atoms with Crippen molar-refractivity contribution >= 4 is 5.97 Å². The highest BCUT2D eigenvalue weighted by Crippen LogP contribution is 2.63. The molecule has 5 nitrogen and oxygen atoms in total. The van der Waals surface area contributed by atoms with E-state index < -0.39 is 6.10 Å².